The molecule has 0 radical (unpaired) electrons. The third kappa shape index (κ3) is 4.63. The number of rotatable bonds is 5. The highest BCUT2D eigenvalue weighted by Crippen LogP contribution is 2.43. The lowest BCUT2D eigenvalue weighted by molar-refractivity contribution is -0.125. The summed E-state index contributed by atoms with van der Waals surface area (Å²) in [5.74, 6) is 0.143. The average molecular weight is 443 g/mol. The zero-order valence-corrected chi connectivity index (χ0v) is 19.6. The van der Waals surface area contributed by atoms with E-state index in [2.05, 4.69) is 5.32 Å². The van der Waals surface area contributed by atoms with Crippen LogP contribution in [0.1, 0.15) is 41.1 Å². The van der Waals surface area contributed by atoms with Gasteiger partial charge in [-0.05, 0) is 68.7 Å². The molecule has 5 nitrogen and oxygen atoms in total. The molecule has 0 aromatic heterocycles. The number of methoxy groups -OCH3 is 1. The molecule has 1 heterocycles. The fraction of sp³-hybridized carbons (Fsp3) is 0.286. The predicted molar refractivity (Wildman–Crippen MR) is 132 cm³/mol. The van der Waals surface area contributed by atoms with Gasteiger partial charge in [0.05, 0.1) is 19.1 Å². The molecule has 1 aliphatic rings. The van der Waals surface area contributed by atoms with Crippen LogP contribution in [0.2, 0.25) is 0 Å². The van der Waals surface area contributed by atoms with Crippen molar-refractivity contribution in [3.8, 4) is 5.75 Å². The lowest BCUT2D eigenvalue weighted by atomic mass is 9.82. The molecule has 0 aliphatic carbocycles. The molecule has 170 valence electrons. The Morgan fingerprint density at radius 1 is 0.970 bits per heavy atom. The van der Waals surface area contributed by atoms with Crippen molar-refractivity contribution in [2.24, 2.45) is 5.92 Å². The summed E-state index contributed by atoms with van der Waals surface area (Å²) in [6.07, 6.45) is 0.783. The highest BCUT2D eigenvalue weighted by molar-refractivity contribution is 6.00. The van der Waals surface area contributed by atoms with E-state index in [9.17, 15) is 9.59 Å². The summed E-state index contributed by atoms with van der Waals surface area (Å²) < 4.78 is 5.64. The van der Waals surface area contributed by atoms with Crippen LogP contribution < -0.4 is 15.0 Å². The van der Waals surface area contributed by atoms with Crippen LogP contribution in [-0.4, -0.2) is 18.9 Å². The summed E-state index contributed by atoms with van der Waals surface area (Å²) in [6.45, 7) is 6.09. The molecule has 33 heavy (non-hydrogen) atoms. The summed E-state index contributed by atoms with van der Waals surface area (Å²) in [5.41, 5.74) is 5.78. The van der Waals surface area contributed by atoms with E-state index in [1.807, 2.05) is 87.5 Å². The number of nitrogens with zero attached hydrogens (tertiary/aromatic N) is 1. The van der Waals surface area contributed by atoms with Crippen molar-refractivity contribution in [2.45, 2.75) is 39.7 Å². The molecular weight excluding hydrogens is 412 g/mol. The summed E-state index contributed by atoms with van der Waals surface area (Å²) >= 11 is 0. The number of ether oxygens (including phenoxy) is 1. The van der Waals surface area contributed by atoms with Gasteiger partial charge in [0.25, 0.3) is 0 Å². The molecule has 0 saturated carbocycles. The maximum Gasteiger partial charge on any atom is 0.229 e. The Bertz CT molecular complexity index is 1170. The van der Waals surface area contributed by atoms with E-state index in [-0.39, 0.29) is 11.8 Å². The molecule has 1 N–H and O–H groups in total. The topological polar surface area (TPSA) is 58.6 Å². The molecule has 1 fully saturated rings. The van der Waals surface area contributed by atoms with Crippen molar-refractivity contribution in [3.05, 3.63) is 89.0 Å². The minimum atomic E-state index is -0.475. The molecule has 2 unspecified atom stereocenters. The number of carbonyl (C=O) groups excluding carboxylic acids is 2. The molecule has 2 atom stereocenters. The Labute approximate surface area is 195 Å². The van der Waals surface area contributed by atoms with Crippen LogP contribution in [0.3, 0.4) is 0 Å². The molecule has 2 amide bonds. The number of para-hydroxylation sites is 1. The van der Waals surface area contributed by atoms with Gasteiger partial charge in [0.2, 0.25) is 11.8 Å². The van der Waals surface area contributed by atoms with Crippen LogP contribution in [0.15, 0.2) is 66.7 Å². The highest BCUT2D eigenvalue weighted by Gasteiger charge is 2.42. The van der Waals surface area contributed by atoms with Crippen LogP contribution >= 0.6 is 0 Å². The van der Waals surface area contributed by atoms with Gasteiger partial charge in [0.1, 0.15) is 5.75 Å². The minimum absolute atomic E-state index is 0.00462. The van der Waals surface area contributed by atoms with Crippen LogP contribution in [0.4, 0.5) is 11.4 Å². The van der Waals surface area contributed by atoms with Gasteiger partial charge in [-0.3, -0.25) is 9.59 Å². The lowest BCUT2D eigenvalue weighted by Crippen LogP contribution is -2.47. The lowest BCUT2D eigenvalue weighted by Gasteiger charge is -2.41. The Kier molecular flexibility index (Phi) is 6.50. The number of aryl methyl sites for hydroxylation is 3. The van der Waals surface area contributed by atoms with Gasteiger partial charge < -0.3 is 15.0 Å². The Morgan fingerprint density at radius 2 is 1.70 bits per heavy atom. The van der Waals surface area contributed by atoms with Crippen molar-refractivity contribution in [1.82, 2.24) is 0 Å². The van der Waals surface area contributed by atoms with E-state index in [0.29, 0.717) is 18.6 Å². The second kappa shape index (κ2) is 9.49. The van der Waals surface area contributed by atoms with Crippen LogP contribution in [0.25, 0.3) is 0 Å². The minimum Gasteiger partial charge on any atom is -0.496 e. The van der Waals surface area contributed by atoms with E-state index < -0.39 is 12.0 Å². The monoisotopic (exact) mass is 442 g/mol. The van der Waals surface area contributed by atoms with Gasteiger partial charge in [0.15, 0.2) is 0 Å². The van der Waals surface area contributed by atoms with Crippen LogP contribution in [-0.2, 0) is 9.59 Å². The third-order valence-electron chi connectivity index (χ3n) is 6.48. The first-order chi connectivity index (χ1) is 15.9. The fourth-order valence-electron chi connectivity index (χ4n) is 4.50. The molecule has 1 aliphatic heterocycles. The van der Waals surface area contributed by atoms with Gasteiger partial charge in [-0.25, -0.2) is 0 Å². The SMILES string of the molecule is COc1ccccc1C1C(C(=O)Nc2ccc(C)c(C)c2)CCC(=O)N1c1ccc(C)cc1. The van der Waals surface area contributed by atoms with E-state index in [1.54, 1.807) is 12.0 Å². The molecule has 3 aromatic carbocycles. The summed E-state index contributed by atoms with van der Waals surface area (Å²) in [7, 11) is 1.61. The fourth-order valence-corrected chi connectivity index (χ4v) is 4.50. The third-order valence-corrected chi connectivity index (χ3v) is 6.48. The maximum atomic E-state index is 13.6. The molecule has 0 spiro atoms. The number of nitrogens with one attached hydrogen (secondary N) is 1. The van der Waals surface area contributed by atoms with Gasteiger partial charge in [-0.15, -0.1) is 0 Å². The zero-order chi connectivity index (χ0) is 23.5. The zero-order valence-electron chi connectivity index (χ0n) is 19.6. The van der Waals surface area contributed by atoms with E-state index >= 15 is 0 Å². The average Bonchev–Trinajstić information content (AvgIpc) is 2.82. The number of amides is 2. The first-order valence-corrected chi connectivity index (χ1v) is 11.3. The first kappa shape index (κ1) is 22.6. The maximum absolute atomic E-state index is 13.6. The normalized spacial score (nSPS) is 18.2. The predicted octanol–water partition coefficient (Wildman–Crippen LogP) is 5.74. The van der Waals surface area contributed by atoms with Crippen LogP contribution in [0, 0.1) is 26.7 Å². The second-order valence-corrected chi connectivity index (χ2v) is 8.72. The summed E-state index contributed by atoms with van der Waals surface area (Å²) in [5, 5.41) is 3.10. The number of hydrogen-bond acceptors (Lipinski definition) is 3. The number of carbonyl (C=O) groups is 2. The molecule has 1 saturated heterocycles. The van der Waals surface area contributed by atoms with Crippen LogP contribution in [0.5, 0.6) is 5.75 Å². The highest BCUT2D eigenvalue weighted by atomic mass is 16.5. The number of benzene rings is 3. The quantitative estimate of drug-likeness (QED) is 0.548. The summed E-state index contributed by atoms with van der Waals surface area (Å²) in [6, 6.07) is 20.9. The van der Waals surface area contributed by atoms with E-state index in [4.69, 9.17) is 4.74 Å². The molecule has 3 aromatic rings. The van der Waals surface area contributed by atoms with Crippen molar-refractivity contribution >= 4 is 23.2 Å². The van der Waals surface area contributed by atoms with Gasteiger partial charge in [-0.2, -0.15) is 0 Å². The van der Waals surface area contributed by atoms with Crippen molar-refractivity contribution < 1.29 is 14.3 Å². The smallest absolute Gasteiger partial charge is 0.229 e. The first-order valence-electron chi connectivity index (χ1n) is 11.3. The molecular formula is C28H30N2O3. The number of hydrogen-bond donors (Lipinski definition) is 1. The number of piperidine rings is 1. The Balaban J connectivity index is 1.77. The molecule has 4 rings (SSSR count). The van der Waals surface area contributed by atoms with Gasteiger partial charge in [-0.1, -0.05) is 42.0 Å². The Hall–Kier alpha value is -3.60. The van der Waals surface area contributed by atoms with Crippen molar-refractivity contribution in [1.29, 1.82) is 0 Å². The van der Waals surface area contributed by atoms with E-state index in [0.717, 1.165) is 28.1 Å². The standard InChI is InChI=1S/C28H30N2O3/c1-18-9-13-22(14-10-18)30-26(31)16-15-24(27(30)23-7-5-6-8-25(23)33-4)28(32)29-21-12-11-19(2)20(3)17-21/h5-14,17,24,27H,15-16H2,1-4H3,(H,29,32). The second-order valence-electron chi connectivity index (χ2n) is 8.72. The van der Waals surface area contributed by atoms with Crippen molar-refractivity contribution in [2.75, 3.05) is 17.3 Å². The Morgan fingerprint density at radius 3 is 2.39 bits per heavy atom. The number of anilines is 2. The van der Waals surface area contributed by atoms with Gasteiger partial charge in [0, 0.05) is 23.4 Å². The molecule has 5 heteroatoms. The van der Waals surface area contributed by atoms with Crippen molar-refractivity contribution in [3.63, 3.8) is 0 Å². The molecule has 0 bridgehead atoms. The van der Waals surface area contributed by atoms with Gasteiger partial charge >= 0.3 is 0 Å². The largest absolute Gasteiger partial charge is 0.496 e. The summed E-state index contributed by atoms with van der Waals surface area (Å²) in [4.78, 5) is 28.6. The van der Waals surface area contributed by atoms with E-state index in [1.165, 1.54) is 5.56 Å².